The zero-order chi connectivity index (χ0) is 11.5. The first-order chi connectivity index (χ1) is 7.72. The third-order valence-electron chi connectivity index (χ3n) is 3.52. The highest BCUT2D eigenvalue weighted by Gasteiger charge is 2.30. The molecule has 0 radical (unpaired) electrons. The van der Waals surface area contributed by atoms with Crippen molar-refractivity contribution in [2.45, 2.75) is 19.4 Å². The Kier molecular flexibility index (Phi) is 3.44. The topological polar surface area (TPSA) is 15.3 Å². The van der Waals surface area contributed by atoms with E-state index in [2.05, 4.69) is 17.1 Å². The summed E-state index contributed by atoms with van der Waals surface area (Å²) in [6.45, 7) is 4.28. The van der Waals surface area contributed by atoms with E-state index < -0.39 is 0 Å². The fourth-order valence-electron chi connectivity index (χ4n) is 2.56. The Bertz CT molecular complexity index is 354. The van der Waals surface area contributed by atoms with Crippen LogP contribution < -0.4 is 10.2 Å². The predicted molar refractivity (Wildman–Crippen MR) is 65.2 cm³/mol. The molecule has 2 nitrogen and oxygen atoms in total. The van der Waals surface area contributed by atoms with Crippen molar-refractivity contribution >= 4 is 5.69 Å². The van der Waals surface area contributed by atoms with Gasteiger partial charge in [-0.25, -0.2) is 4.39 Å². The summed E-state index contributed by atoms with van der Waals surface area (Å²) in [4.78, 5) is 2.30. The average molecular weight is 222 g/mol. The van der Waals surface area contributed by atoms with Crippen LogP contribution in [-0.2, 0) is 0 Å². The standard InChI is InChI=1S/C13H19FN2/c1-10-11(9-15-2)6-7-16(10)13-5-3-4-12(14)8-13/h3-5,8,10-11,15H,6-7,9H2,1-2H3. The van der Waals surface area contributed by atoms with E-state index in [4.69, 9.17) is 0 Å². The number of hydrogen-bond donors (Lipinski definition) is 1. The van der Waals surface area contributed by atoms with Crippen LogP contribution in [0, 0.1) is 11.7 Å². The van der Waals surface area contributed by atoms with Crippen molar-refractivity contribution in [1.82, 2.24) is 5.32 Å². The van der Waals surface area contributed by atoms with Crippen LogP contribution in [-0.4, -0.2) is 26.2 Å². The van der Waals surface area contributed by atoms with Gasteiger partial charge in [-0.3, -0.25) is 0 Å². The number of rotatable bonds is 3. The zero-order valence-electron chi connectivity index (χ0n) is 9.91. The fourth-order valence-corrected chi connectivity index (χ4v) is 2.56. The van der Waals surface area contributed by atoms with Crippen LogP contribution in [0.5, 0.6) is 0 Å². The maximum atomic E-state index is 13.2. The van der Waals surface area contributed by atoms with Crippen molar-refractivity contribution in [3.05, 3.63) is 30.1 Å². The van der Waals surface area contributed by atoms with Gasteiger partial charge in [-0.2, -0.15) is 0 Å². The molecule has 1 aromatic rings. The van der Waals surface area contributed by atoms with Gasteiger partial charge in [-0.05, 0) is 51.1 Å². The molecule has 3 heteroatoms. The molecule has 0 saturated carbocycles. The van der Waals surface area contributed by atoms with Crippen molar-refractivity contribution < 1.29 is 4.39 Å². The lowest BCUT2D eigenvalue weighted by Gasteiger charge is -2.26. The molecule has 0 amide bonds. The molecule has 0 aromatic heterocycles. The Morgan fingerprint density at radius 3 is 3.00 bits per heavy atom. The monoisotopic (exact) mass is 222 g/mol. The van der Waals surface area contributed by atoms with Crippen molar-refractivity contribution in [2.75, 3.05) is 25.0 Å². The van der Waals surface area contributed by atoms with Crippen LogP contribution in [0.4, 0.5) is 10.1 Å². The highest BCUT2D eigenvalue weighted by atomic mass is 19.1. The third-order valence-corrected chi connectivity index (χ3v) is 3.52. The Balaban J connectivity index is 2.12. The van der Waals surface area contributed by atoms with Gasteiger partial charge in [0.2, 0.25) is 0 Å². The zero-order valence-corrected chi connectivity index (χ0v) is 9.91. The van der Waals surface area contributed by atoms with Crippen molar-refractivity contribution in [3.63, 3.8) is 0 Å². The van der Waals surface area contributed by atoms with E-state index in [-0.39, 0.29) is 5.82 Å². The van der Waals surface area contributed by atoms with Gasteiger partial charge in [0.1, 0.15) is 5.82 Å². The summed E-state index contributed by atoms with van der Waals surface area (Å²) in [6.07, 6.45) is 1.18. The van der Waals surface area contributed by atoms with Crippen LogP contribution in [0.3, 0.4) is 0 Å². The smallest absolute Gasteiger partial charge is 0.125 e. The summed E-state index contributed by atoms with van der Waals surface area (Å²) in [5, 5.41) is 3.22. The average Bonchev–Trinajstić information content (AvgIpc) is 2.61. The van der Waals surface area contributed by atoms with Gasteiger partial charge in [-0.1, -0.05) is 6.07 Å². The number of halogens is 1. The summed E-state index contributed by atoms with van der Waals surface area (Å²) in [7, 11) is 1.98. The summed E-state index contributed by atoms with van der Waals surface area (Å²) >= 11 is 0. The lowest BCUT2D eigenvalue weighted by Crippen LogP contribution is -2.33. The predicted octanol–water partition coefficient (Wildman–Crippen LogP) is 2.26. The lowest BCUT2D eigenvalue weighted by molar-refractivity contribution is 0.473. The quantitative estimate of drug-likeness (QED) is 0.844. The van der Waals surface area contributed by atoms with Crippen LogP contribution in [0.15, 0.2) is 24.3 Å². The molecule has 88 valence electrons. The van der Waals surface area contributed by atoms with Gasteiger partial charge < -0.3 is 10.2 Å². The summed E-state index contributed by atoms with van der Waals surface area (Å²) in [6, 6.07) is 7.37. The van der Waals surface area contributed by atoms with Gasteiger partial charge in [-0.15, -0.1) is 0 Å². The van der Waals surface area contributed by atoms with Crippen LogP contribution in [0.1, 0.15) is 13.3 Å². The Labute approximate surface area is 96.5 Å². The largest absolute Gasteiger partial charge is 0.368 e. The van der Waals surface area contributed by atoms with Gasteiger partial charge in [0.05, 0.1) is 0 Å². The minimum absolute atomic E-state index is 0.151. The molecule has 0 aliphatic carbocycles. The van der Waals surface area contributed by atoms with Crippen LogP contribution in [0.25, 0.3) is 0 Å². The second kappa shape index (κ2) is 4.83. The molecule has 1 aromatic carbocycles. The molecule has 0 bridgehead atoms. The van der Waals surface area contributed by atoms with E-state index in [0.717, 1.165) is 18.8 Å². The van der Waals surface area contributed by atoms with Gasteiger partial charge in [0.15, 0.2) is 0 Å². The Morgan fingerprint density at radius 1 is 1.50 bits per heavy atom. The number of anilines is 1. The van der Waals surface area contributed by atoms with E-state index >= 15 is 0 Å². The van der Waals surface area contributed by atoms with Crippen LogP contribution >= 0.6 is 0 Å². The molecule has 2 atom stereocenters. The highest BCUT2D eigenvalue weighted by molar-refractivity contribution is 5.48. The molecular formula is C13H19FN2. The fraction of sp³-hybridized carbons (Fsp3) is 0.538. The van der Waals surface area contributed by atoms with Gasteiger partial charge in [0.25, 0.3) is 0 Å². The maximum absolute atomic E-state index is 13.2. The molecule has 1 saturated heterocycles. The number of nitrogens with one attached hydrogen (secondary N) is 1. The van der Waals surface area contributed by atoms with Crippen LogP contribution in [0.2, 0.25) is 0 Å². The Hall–Kier alpha value is -1.09. The normalized spacial score (nSPS) is 25.1. The number of nitrogens with zero attached hydrogens (tertiary/aromatic N) is 1. The molecule has 1 N–H and O–H groups in total. The SMILES string of the molecule is CNCC1CCN(c2cccc(F)c2)C1C. The summed E-state index contributed by atoms with van der Waals surface area (Å²) < 4.78 is 13.2. The number of hydrogen-bond acceptors (Lipinski definition) is 2. The molecule has 2 unspecified atom stereocenters. The second-order valence-corrected chi connectivity index (χ2v) is 4.52. The highest BCUT2D eigenvalue weighted by Crippen LogP contribution is 2.29. The first-order valence-electron chi connectivity index (χ1n) is 5.89. The molecule has 2 rings (SSSR count). The number of benzene rings is 1. The van der Waals surface area contributed by atoms with E-state index in [1.807, 2.05) is 13.1 Å². The van der Waals surface area contributed by atoms with E-state index in [0.29, 0.717) is 12.0 Å². The van der Waals surface area contributed by atoms with E-state index in [1.54, 1.807) is 12.1 Å². The minimum atomic E-state index is -0.151. The first-order valence-corrected chi connectivity index (χ1v) is 5.89. The van der Waals surface area contributed by atoms with Crippen molar-refractivity contribution in [3.8, 4) is 0 Å². The Morgan fingerprint density at radius 2 is 2.31 bits per heavy atom. The lowest BCUT2D eigenvalue weighted by atomic mass is 10.0. The van der Waals surface area contributed by atoms with Gasteiger partial charge in [0, 0.05) is 18.3 Å². The van der Waals surface area contributed by atoms with E-state index in [9.17, 15) is 4.39 Å². The van der Waals surface area contributed by atoms with Crippen molar-refractivity contribution in [1.29, 1.82) is 0 Å². The maximum Gasteiger partial charge on any atom is 0.125 e. The molecule has 1 aliphatic heterocycles. The summed E-state index contributed by atoms with van der Waals surface area (Å²) in [5.41, 5.74) is 1.01. The first kappa shape index (κ1) is 11.4. The third kappa shape index (κ3) is 2.19. The molecular weight excluding hydrogens is 203 g/mol. The summed E-state index contributed by atoms with van der Waals surface area (Å²) in [5.74, 6) is 0.509. The van der Waals surface area contributed by atoms with E-state index in [1.165, 1.54) is 12.5 Å². The minimum Gasteiger partial charge on any atom is -0.368 e. The molecule has 16 heavy (non-hydrogen) atoms. The second-order valence-electron chi connectivity index (χ2n) is 4.52. The molecule has 1 aliphatic rings. The van der Waals surface area contributed by atoms with Crippen molar-refractivity contribution in [2.24, 2.45) is 5.92 Å². The van der Waals surface area contributed by atoms with Gasteiger partial charge >= 0.3 is 0 Å². The molecule has 1 heterocycles. The molecule has 0 spiro atoms. The molecule has 1 fully saturated rings.